The molecule has 0 aromatic heterocycles. The highest BCUT2D eigenvalue weighted by Crippen LogP contribution is 2.36. The SMILES string of the molecule is CNC(=O)N1C[C@H](OCc2ccc(F)cc2)[C@@H]2[C@H]1CCN2C(=O)[C@@H](NC(=O)[C@H](C)NC)C(C)(C)C. The molecule has 10 heteroatoms. The zero-order valence-corrected chi connectivity index (χ0v) is 21.4. The maximum Gasteiger partial charge on any atom is 0.317 e. The van der Waals surface area contributed by atoms with E-state index < -0.39 is 23.6 Å². The minimum Gasteiger partial charge on any atom is -0.369 e. The first-order chi connectivity index (χ1) is 16.5. The predicted octanol–water partition coefficient (Wildman–Crippen LogP) is 1.47. The van der Waals surface area contributed by atoms with Gasteiger partial charge >= 0.3 is 6.03 Å². The van der Waals surface area contributed by atoms with E-state index in [0.29, 0.717) is 19.5 Å². The smallest absolute Gasteiger partial charge is 0.317 e. The van der Waals surface area contributed by atoms with Gasteiger partial charge in [0.2, 0.25) is 11.8 Å². The lowest BCUT2D eigenvalue weighted by molar-refractivity contribution is -0.142. The third-order valence-electron chi connectivity index (χ3n) is 6.94. The molecule has 0 aliphatic carbocycles. The molecule has 35 heavy (non-hydrogen) atoms. The van der Waals surface area contributed by atoms with Gasteiger partial charge in [-0.25, -0.2) is 9.18 Å². The number of hydrogen-bond acceptors (Lipinski definition) is 5. The van der Waals surface area contributed by atoms with E-state index in [0.717, 1.165) is 5.56 Å². The zero-order valence-electron chi connectivity index (χ0n) is 21.4. The summed E-state index contributed by atoms with van der Waals surface area (Å²) in [6.45, 7) is 8.52. The topological polar surface area (TPSA) is 103 Å². The molecule has 2 heterocycles. The normalized spacial score (nSPS) is 23.6. The lowest BCUT2D eigenvalue weighted by atomic mass is 9.85. The lowest BCUT2D eigenvalue weighted by Gasteiger charge is -2.37. The summed E-state index contributed by atoms with van der Waals surface area (Å²) >= 11 is 0. The van der Waals surface area contributed by atoms with Gasteiger partial charge in [-0.3, -0.25) is 9.59 Å². The number of fused-ring (bicyclic) bond motifs is 1. The molecular formula is C25H38FN5O4. The van der Waals surface area contributed by atoms with Crippen LogP contribution in [0.25, 0.3) is 0 Å². The molecule has 3 rings (SSSR count). The first-order valence-electron chi connectivity index (χ1n) is 12.1. The number of rotatable bonds is 7. The number of nitrogens with zero attached hydrogens (tertiary/aromatic N) is 2. The molecule has 2 aliphatic heterocycles. The number of carbonyl (C=O) groups is 3. The number of hydrogen-bond donors (Lipinski definition) is 3. The summed E-state index contributed by atoms with van der Waals surface area (Å²) in [6, 6.07) is 4.13. The fourth-order valence-electron chi connectivity index (χ4n) is 4.81. The zero-order chi connectivity index (χ0) is 25.9. The molecule has 0 saturated carbocycles. The molecule has 0 radical (unpaired) electrons. The first-order valence-corrected chi connectivity index (χ1v) is 12.1. The molecule has 2 aliphatic rings. The molecule has 2 saturated heterocycles. The van der Waals surface area contributed by atoms with Crippen LogP contribution in [0.15, 0.2) is 24.3 Å². The van der Waals surface area contributed by atoms with E-state index in [1.54, 1.807) is 43.0 Å². The second-order valence-electron chi connectivity index (χ2n) is 10.4. The average molecular weight is 492 g/mol. The second kappa shape index (κ2) is 10.9. The highest BCUT2D eigenvalue weighted by atomic mass is 19.1. The van der Waals surface area contributed by atoms with E-state index in [2.05, 4.69) is 16.0 Å². The van der Waals surface area contributed by atoms with E-state index >= 15 is 0 Å². The van der Waals surface area contributed by atoms with Crippen LogP contribution >= 0.6 is 0 Å². The minimum absolute atomic E-state index is 0.184. The highest BCUT2D eigenvalue weighted by molar-refractivity contribution is 5.90. The number of carbonyl (C=O) groups excluding carboxylic acids is 3. The summed E-state index contributed by atoms with van der Waals surface area (Å²) in [5.74, 6) is -0.759. The van der Waals surface area contributed by atoms with Crippen molar-refractivity contribution in [2.75, 3.05) is 27.2 Å². The Morgan fingerprint density at radius 1 is 1.14 bits per heavy atom. The van der Waals surface area contributed by atoms with Gasteiger partial charge < -0.3 is 30.5 Å². The molecule has 0 bridgehead atoms. The Balaban J connectivity index is 1.83. The van der Waals surface area contributed by atoms with Gasteiger partial charge in [0.15, 0.2) is 0 Å². The van der Waals surface area contributed by atoms with Gasteiger partial charge in [-0.05, 0) is 43.5 Å². The number of nitrogens with one attached hydrogen (secondary N) is 3. The Kier molecular flexibility index (Phi) is 8.38. The Bertz CT molecular complexity index is 919. The van der Waals surface area contributed by atoms with Crippen LogP contribution in [0.1, 0.15) is 39.7 Å². The van der Waals surface area contributed by atoms with Crippen molar-refractivity contribution in [3.05, 3.63) is 35.6 Å². The van der Waals surface area contributed by atoms with Crippen molar-refractivity contribution in [3.8, 4) is 0 Å². The van der Waals surface area contributed by atoms with Crippen LogP contribution in [-0.4, -0.2) is 85.1 Å². The van der Waals surface area contributed by atoms with Gasteiger partial charge in [-0.1, -0.05) is 32.9 Å². The molecule has 3 N–H and O–H groups in total. The van der Waals surface area contributed by atoms with Crippen molar-refractivity contribution in [2.24, 2.45) is 5.41 Å². The van der Waals surface area contributed by atoms with Gasteiger partial charge in [-0.15, -0.1) is 0 Å². The number of benzene rings is 1. The standard InChI is InChI=1S/C25H38FN5O4/c1-15(27-5)22(32)29-21(25(2,3)4)23(33)30-12-11-18-20(30)19(13-31(18)24(34)28-6)35-14-16-7-9-17(26)10-8-16/h7-10,15,18-21,27H,11-14H2,1-6H3,(H,28,34)(H,29,32)/t15-,18+,19-,20-,21+/m0/s1. The summed E-state index contributed by atoms with van der Waals surface area (Å²) < 4.78 is 19.5. The quantitative estimate of drug-likeness (QED) is 0.536. The summed E-state index contributed by atoms with van der Waals surface area (Å²) in [5.41, 5.74) is 0.278. The largest absolute Gasteiger partial charge is 0.369 e. The van der Waals surface area contributed by atoms with Crippen LogP contribution in [0.5, 0.6) is 0 Å². The summed E-state index contributed by atoms with van der Waals surface area (Å²) in [6.07, 6.45) is 0.208. The van der Waals surface area contributed by atoms with Crippen molar-refractivity contribution in [3.63, 3.8) is 0 Å². The van der Waals surface area contributed by atoms with Gasteiger partial charge in [0.05, 0.1) is 37.4 Å². The third-order valence-corrected chi connectivity index (χ3v) is 6.94. The van der Waals surface area contributed by atoms with Crippen LogP contribution in [-0.2, 0) is 20.9 Å². The number of halogens is 1. The fraction of sp³-hybridized carbons (Fsp3) is 0.640. The summed E-state index contributed by atoms with van der Waals surface area (Å²) in [5, 5.41) is 8.51. The molecule has 1 aromatic carbocycles. The van der Waals surface area contributed by atoms with Crippen LogP contribution in [0.4, 0.5) is 9.18 Å². The summed E-state index contributed by atoms with van der Waals surface area (Å²) in [4.78, 5) is 42.6. The van der Waals surface area contributed by atoms with Crippen molar-refractivity contribution in [1.82, 2.24) is 25.8 Å². The van der Waals surface area contributed by atoms with Gasteiger partial charge in [0.1, 0.15) is 11.9 Å². The van der Waals surface area contributed by atoms with Crippen LogP contribution in [0.3, 0.4) is 0 Å². The van der Waals surface area contributed by atoms with Crippen LogP contribution in [0.2, 0.25) is 0 Å². The Morgan fingerprint density at radius 3 is 2.37 bits per heavy atom. The van der Waals surface area contributed by atoms with Gasteiger partial charge in [-0.2, -0.15) is 0 Å². The number of urea groups is 1. The highest BCUT2D eigenvalue weighted by Gasteiger charge is 2.54. The number of likely N-dealkylation sites (N-methyl/N-ethyl adjacent to an activating group) is 1. The Hall–Kier alpha value is -2.72. The Morgan fingerprint density at radius 2 is 1.80 bits per heavy atom. The van der Waals surface area contributed by atoms with Crippen LogP contribution < -0.4 is 16.0 Å². The molecule has 4 amide bonds. The molecule has 0 spiro atoms. The van der Waals surface area contributed by atoms with Crippen molar-refractivity contribution < 1.29 is 23.5 Å². The average Bonchev–Trinajstić information content (AvgIpc) is 3.40. The maximum absolute atomic E-state index is 13.9. The summed E-state index contributed by atoms with van der Waals surface area (Å²) in [7, 11) is 3.27. The lowest BCUT2D eigenvalue weighted by Crippen LogP contribution is -2.59. The van der Waals surface area contributed by atoms with E-state index in [4.69, 9.17) is 4.74 Å². The molecule has 9 nitrogen and oxygen atoms in total. The maximum atomic E-state index is 13.9. The molecular weight excluding hydrogens is 453 g/mol. The van der Waals surface area contributed by atoms with Gasteiger partial charge in [0, 0.05) is 13.6 Å². The molecule has 2 fully saturated rings. The third kappa shape index (κ3) is 5.92. The van der Waals surface area contributed by atoms with E-state index in [1.807, 2.05) is 20.8 Å². The van der Waals surface area contributed by atoms with Crippen LogP contribution in [0, 0.1) is 11.2 Å². The molecule has 194 valence electrons. The monoisotopic (exact) mass is 491 g/mol. The van der Waals surface area contributed by atoms with Crippen molar-refractivity contribution >= 4 is 17.8 Å². The number of likely N-dealkylation sites (tertiary alicyclic amines) is 2. The second-order valence-corrected chi connectivity index (χ2v) is 10.4. The molecule has 1 aromatic rings. The minimum atomic E-state index is -0.739. The molecule has 5 atom stereocenters. The van der Waals surface area contributed by atoms with E-state index in [9.17, 15) is 18.8 Å². The number of ether oxygens (including phenoxy) is 1. The van der Waals surface area contributed by atoms with E-state index in [1.165, 1.54) is 12.1 Å². The fourth-order valence-corrected chi connectivity index (χ4v) is 4.81. The van der Waals surface area contributed by atoms with E-state index in [-0.39, 0.29) is 42.4 Å². The first kappa shape index (κ1) is 26.9. The van der Waals surface area contributed by atoms with Gasteiger partial charge in [0.25, 0.3) is 0 Å². The van der Waals surface area contributed by atoms with Crippen molar-refractivity contribution in [1.29, 1.82) is 0 Å². The predicted molar refractivity (Wildman–Crippen MR) is 130 cm³/mol. The number of amides is 4. The Labute approximate surface area is 206 Å². The molecule has 0 unspecified atom stereocenters. The van der Waals surface area contributed by atoms with Crippen molar-refractivity contribution in [2.45, 2.75) is 71.0 Å².